The molecule has 0 saturated heterocycles. The molecule has 0 heterocycles. The number of aliphatic carboxylic acids is 1. The van der Waals surface area contributed by atoms with Gasteiger partial charge in [-0.2, -0.15) is 0 Å². The van der Waals surface area contributed by atoms with Crippen molar-refractivity contribution < 1.29 is 42.9 Å². The molecule has 9 heteroatoms. The standard InChI is InChI=1S/C64H101NO8/c1-6-8-10-12-14-16-18-20-22-23-24-25-26-27-28-29-30-31-32-33-34-35-36-37-38-39-41-43-45-47-49-51-53-55-62(67)73-60(59-72-64(63(68)69)70-57-56-65(3,4)5)58-71-61(66)54-52-50-48-46-44-42-40-21-19-17-15-13-11-9-7-2/h8,10,14-17,20-22,24-25,27-28,30-31,33-34,36-37,39-41,45,47,60,64H,6-7,9,11-13,18-19,23,26,29,32,35,38,42-44,46,48-59H2,1-5H3/p+1/b10-8-,16-14-,17-15-,22-20-,25-24-,28-27-,31-30-,34-33-,37-36-,40-21-,41-39-,47-45-. The summed E-state index contributed by atoms with van der Waals surface area (Å²) in [6.07, 6.45) is 75.0. The molecule has 0 rings (SSSR count). The van der Waals surface area contributed by atoms with E-state index in [1.54, 1.807) is 0 Å². The smallest absolute Gasteiger partial charge is 0.361 e. The van der Waals surface area contributed by atoms with Crippen molar-refractivity contribution in [2.45, 2.75) is 193 Å². The van der Waals surface area contributed by atoms with Gasteiger partial charge in [-0.15, -0.1) is 0 Å². The highest BCUT2D eigenvalue weighted by Crippen LogP contribution is 2.12. The van der Waals surface area contributed by atoms with Crippen LogP contribution >= 0.6 is 0 Å². The Balaban J connectivity index is 4.40. The number of hydrogen-bond acceptors (Lipinski definition) is 7. The highest BCUT2D eigenvalue weighted by Gasteiger charge is 2.25. The lowest BCUT2D eigenvalue weighted by Gasteiger charge is -2.25. The summed E-state index contributed by atoms with van der Waals surface area (Å²) in [5, 5.41) is 9.68. The molecule has 410 valence electrons. The predicted molar refractivity (Wildman–Crippen MR) is 308 cm³/mol. The number of nitrogens with zero attached hydrogens (tertiary/aromatic N) is 1. The molecule has 9 nitrogen and oxygen atoms in total. The first-order valence-electron chi connectivity index (χ1n) is 28.0. The van der Waals surface area contributed by atoms with Gasteiger partial charge in [-0.1, -0.05) is 192 Å². The SMILES string of the molecule is CC/C=C\C/C=C\C/C=C\C/C=C\C/C=C\C/C=C\C/C=C\C/C=C\C/C=C\C/C=C\CCCCC(=O)OC(COC(=O)CCCCCCC/C=C\C/C=C\CCCCC)COC(OCC[N+](C)(C)C)C(=O)O. The molecular formula is C64H102NO8+. The average Bonchev–Trinajstić information content (AvgIpc) is 3.36. The van der Waals surface area contributed by atoms with Crippen LogP contribution in [-0.2, 0) is 33.3 Å². The van der Waals surface area contributed by atoms with Gasteiger partial charge in [-0.05, 0) is 122 Å². The summed E-state index contributed by atoms with van der Waals surface area (Å²) < 4.78 is 22.7. The molecule has 0 aromatic rings. The Morgan fingerprint density at radius 2 is 0.781 bits per heavy atom. The van der Waals surface area contributed by atoms with Crippen LogP contribution in [0.3, 0.4) is 0 Å². The van der Waals surface area contributed by atoms with Crippen LogP contribution in [0.15, 0.2) is 146 Å². The number of unbranched alkanes of at least 4 members (excludes halogenated alkanes) is 10. The van der Waals surface area contributed by atoms with Crippen molar-refractivity contribution in [3.05, 3.63) is 146 Å². The summed E-state index contributed by atoms with van der Waals surface area (Å²) in [6.45, 7) is 4.63. The normalized spacial score (nSPS) is 13.9. The number of likely N-dealkylation sites (N-methyl/N-ethyl adjacent to an activating group) is 1. The Kier molecular flexibility index (Phi) is 49.9. The maximum Gasteiger partial charge on any atom is 0.361 e. The number of carboxylic acid groups (broad SMARTS) is 1. The molecule has 0 radical (unpaired) electrons. The quantitative estimate of drug-likeness (QED) is 0.0211. The van der Waals surface area contributed by atoms with E-state index in [1.165, 1.54) is 25.7 Å². The third kappa shape index (κ3) is 54.8. The predicted octanol–water partition coefficient (Wildman–Crippen LogP) is 16.4. The van der Waals surface area contributed by atoms with E-state index in [0.717, 1.165) is 116 Å². The second kappa shape index (κ2) is 53.5. The number of ether oxygens (including phenoxy) is 4. The van der Waals surface area contributed by atoms with Gasteiger partial charge in [0.05, 0.1) is 34.4 Å². The van der Waals surface area contributed by atoms with Crippen LogP contribution in [-0.4, -0.2) is 87.4 Å². The van der Waals surface area contributed by atoms with Crippen LogP contribution in [0.5, 0.6) is 0 Å². The van der Waals surface area contributed by atoms with Crippen LogP contribution < -0.4 is 0 Å². The van der Waals surface area contributed by atoms with Crippen LogP contribution in [0.1, 0.15) is 181 Å². The minimum absolute atomic E-state index is 0.168. The molecule has 0 fully saturated rings. The van der Waals surface area contributed by atoms with Gasteiger partial charge in [0.1, 0.15) is 13.2 Å². The topological polar surface area (TPSA) is 108 Å². The van der Waals surface area contributed by atoms with Gasteiger partial charge < -0.3 is 28.5 Å². The van der Waals surface area contributed by atoms with Crippen molar-refractivity contribution in [2.75, 3.05) is 47.5 Å². The highest BCUT2D eigenvalue weighted by atomic mass is 16.7. The molecule has 0 saturated carbocycles. The highest BCUT2D eigenvalue weighted by molar-refractivity contribution is 5.71. The lowest BCUT2D eigenvalue weighted by atomic mass is 10.1. The van der Waals surface area contributed by atoms with Crippen LogP contribution in [0.25, 0.3) is 0 Å². The lowest BCUT2D eigenvalue weighted by Crippen LogP contribution is -2.40. The molecule has 2 unspecified atom stereocenters. The molecule has 1 N–H and O–H groups in total. The molecule has 2 atom stereocenters. The number of carboxylic acids is 1. The molecule has 0 aromatic carbocycles. The third-order valence-corrected chi connectivity index (χ3v) is 11.1. The Morgan fingerprint density at radius 3 is 1.19 bits per heavy atom. The van der Waals surface area contributed by atoms with E-state index in [0.29, 0.717) is 23.9 Å². The maximum absolute atomic E-state index is 12.8. The first kappa shape index (κ1) is 68.2. The maximum atomic E-state index is 12.8. The van der Waals surface area contributed by atoms with Gasteiger partial charge in [0.25, 0.3) is 6.29 Å². The van der Waals surface area contributed by atoms with Crippen molar-refractivity contribution in [2.24, 2.45) is 0 Å². The number of allylic oxidation sites excluding steroid dienone is 24. The molecule has 0 spiro atoms. The molecule has 0 amide bonds. The molecule has 0 bridgehead atoms. The van der Waals surface area contributed by atoms with E-state index in [1.807, 2.05) is 21.1 Å². The van der Waals surface area contributed by atoms with Crippen molar-refractivity contribution in [3.8, 4) is 0 Å². The van der Waals surface area contributed by atoms with E-state index in [-0.39, 0.29) is 38.6 Å². The zero-order valence-corrected chi connectivity index (χ0v) is 46.5. The Hall–Kier alpha value is -4.83. The Bertz CT molecular complexity index is 1700. The number of esters is 2. The summed E-state index contributed by atoms with van der Waals surface area (Å²) >= 11 is 0. The average molecular weight is 1010 g/mol. The Morgan fingerprint density at radius 1 is 0.425 bits per heavy atom. The van der Waals surface area contributed by atoms with Crippen molar-refractivity contribution >= 4 is 17.9 Å². The summed E-state index contributed by atoms with van der Waals surface area (Å²) in [5.74, 6) is -2.11. The molecular weight excluding hydrogens is 911 g/mol. The van der Waals surface area contributed by atoms with E-state index >= 15 is 0 Å². The van der Waals surface area contributed by atoms with Gasteiger partial charge in [0.2, 0.25) is 0 Å². The fourth-order valence-corrected chi connectivity index (χ4v) is 6.77. The summed E-state index contributed by atoms with van der Waals surface area (Å²) in [7, 11) is 5.93. The summed E-state index contributed by atoms with van der Waals surface area (Å²) in [4.78, 5) is 37.3. The van der Waals surface area contributed by atoms with Gasteiger partial charge in [0, 0.05) is 12.8 Å². The van der Waals surface area contributed by atoms with Gasteiger partial charge in [-0.25, -0.2) is 4.79 Å². The van der Waals surface area contributed by atoms with E-state index in [2.05, 4.69) is 160 Å². The van der Waals surface area contributed by atoms with E-state index < -0.39 is 24.3 Å². The van der Waals surface area contributed by atoms with Gasteiger partial charge >= 0.3 is 17.9 Å². The van der Waals surface area contributed by atoms with Crippen molar-refractivity contribution in [3.63, 3.8) is 0 Å². The fourth-order valence-electron chi connectivity index (χ4n) is 6.77. The first-order chi connectivity index (χ1) is 35.6. The van der Waals surface area contributed by atoms with Crippen LogP contribution in [0.2, 0.25) is 0 Å². The number of carbonyl (C=O) groups is 3. The summed E-state index contributed by atoms with van der Waals surface area (Å²) in [5.41, 5.74) is 0. The largest absolute Gasteiger partial charge is 0.477 e. The second-order valence-corrected chi connectivity index (χ2v) is 19.2. The zero-order valence-electron chi connectivity index (χ0n) is 46.5. The fraction of sp³-hybridized carbons (Fsp3) is 0.578. The molecule has 0 aliphatic heterocycles. The monoisotopic (exact) mass is 1010 g/mol. The van der Waals surface area contributed by atoms with Crippen LogP contribution in [0.4, 0.5) is 0 Å². The van der Waals surface area contributed by atoms with Gasteiger partial charge in [0.15, 0.2) is 6.10 Å². The number of carbonyl (C=O) groups excluding carboxylic acids is 2. The molecule has 0 aliphatic rings. The molecule has 0 aromatic heterocycles. The minimum Gasteiger partial charge on any atom is -0.477 e. The lowest BCUT2D eigenvalue weighted by molar-refractivity contribution is -0.870. The second-order valence-electron chi connectivity index (χ2n) is 19.2. The zero-order chi connectivity index (χ0) is 53.4. The minimum atomic E-state index is -1.53. The number of rotatable bonds is 49. The van der Waals surface area contributed by atoms with Gasteiger partial charge in [-0.3, -0.25) is 9.59 Å². The summed E-state index contributed by atoms with van der Waals surface area (Å²) in [6, 6.07) is 0. The van der Waals surface area contributed by atoms with Crippen molar-refractivity contribution in [1.82, 2.24) is 0 Å². The Labute approximate surface area is 445 Å². The van der Waals surface area contributed by atoms with Crippen molar-refractivity contribution in [1.29, 1.82) is 0 Å². The number of hydrogen-bond donors (Lipinski definition) is 1. The number of quaternary nitrogens is 1. The third-order valence-electron chi connectivity index (χ3n) is 11.1. The molecule has 0 aliphatic carbocycles. The van der Waals surface area contributed by atoms with E-state index in [4.69, 9.17) is 18.9 Å². The van der Waals surface area contributed by atoms with Crippen LogP contribution in [0, 0.1) is 0 Å². The molecule has 73 heavy (non-hydrogen) atoms. The van der Waals surface area contributed by atoms with E-state index in [9.17, 15) is 19.5 Å². The first-order valence-corrected chi connectivity index (χ1v) is 28.0.